The summed E-state index contributed by atoms with van der Waals surface area (Å²) in [6.07, 6.45) is 1.07. The van der Waals surface area contributed by atoms with Crippen LogP contribution in [-0.4, -0.2) is 54.4 Å². The Labute approximate surface area is 95.7 Å². The average Bonchev–Trinajstić information content (AvgIpc) is 2.47. The maximum Gasteiger partial charge on any atom is 0.225 e. The summed E-state index contributed by atoms with van der Waals surface area (Å²) in [6, 6.07) is 0. The van der Waals surface area contributed by atoms with Crippen LogP contribution in [0.15, 0.2) is 0 Å². The molecule has 1 rings (SSSR count). The number of nitrogens with one attached hydrogen (secondary N) is 1. The van der Waals surface area contributed by atoms with Gasteiger partial charge >= 0.3 is 0 Å². The van der Waals surface area contributed by atoms with Crippen LogP contribution < -0.4 is 4.90 Å². The van der Waals surface area contributed by atoms with Crippen molar-refractivity contribution in [2.45, 2.75) is 13.0 Å². The normalized spacial score (nSPS) is 11.0. The first-order valence-electron chi connectivity index (χ1n) is 4.99. The summed E-state index contributed by atoms with van der Waals surface area (Å²) in [6.45, 7) is 1.96. The number of H-pyrrole nitrogens is 1. The van der Waals surface area contributed by atoms with Gasteiger partial charge in [0, 0.05) is 20.6 Å². The third-order valence-corrected chi connectivity index (χ3v) is 2.44. The van der Waals surface area contributed by atoms with Gasteiger partial charge in [-0.3, -0.25) is 4.57 Å². The van der Waals surface area contributed by atoms with Crippen molar-refractivity contribution < 1.29 is 0 Å². The topological polar surface area (TPSA) is 40.1 Å². The molecule has 6 heteroatoms. The Morgan fingerprint density at radius 1 is 1.33 bits per heavy atom. The minimum atomic E-state index is 0.692. The van der Waals surface area contributed by atoms with E-state index in [0.717, 1.165) is 25.5 Å². The summed E-state index contributed by atoms with van der Waals surface area (Å²) >= 11 is 5.18. The van der Waals surface area contributed by atoms with Crippen LogP contribution in [0.5, 0.6) is 0 Å². The van der Waals surface area contributed by atoms with Crippen LogP contribution in [0.2, 0.25) is 0 Å². The van der Waals surface area contributed by atoms with E-state index in [4.69, 9.17) is 12.2 Å². The molecular weight excluding hydrogens is 210 g/mol. The lowest BCUT2D eigenvalue weighted by atomic mass is 10.4. The Kier molecular flexibility index (Phi) is 4.28. The van der Waals surface area contributed by atoms with Gasteiger partial charge in [0.05, 0.1) is 0 Å². The predicted octanol–water partition coefficient (Wildman–Crippen LogP) is 0.958. The van der Waals surface area contributed by atoms with Crippen LogP contribution in [0.1, 0.15) is 6.42 Å². The average molecular weight is 229 g/mol. The Hall–Kier alpha value is -0.880. The van der Waals surface area contributed by atoms with Gasteiger partial charge in [0.2, 0.25) is 5.95 Å². The predicted molar refractivity (Wildman–Crippen MR) is 64.9 cm³/mol. The minimum Gasteiger partial charge on any atom is -0.347 e. The number of rotatable bonds is 5. The SMILES string of the molecule is CN(C)CCCn1c(N(C)C)n[nH]c1=S. The van der Waals surface area contributed by atoms with Crippen LogP contribution in [-0.2, 0) is 6.54 Å². The van der Waals surface area contributed by atoms with Crippen molar-refractivity contribution in [1.29, 1.82) is 0 Å². The quantitative estimate of drug-likeness (QED) is 0.763. The van der Waals surface area contributed by atoms with E-state index in [2.05, 4.69) is 29.2 Å². The van der Waals surface area contributed by atoms with Crippen molar-refractivity contribution in [3.8, 4) is 0 Å². The van der Waals surface area contributed by atoms with E-state index in [1.165, 1.54) is 0 Å². The van der Waals surface area contributed by atoms with E-state index in [-0.39, 0.29) is 0 Å². The molecule has 1 N–H and O–H groups in total. The second-order valence-electron chi connectivity index (χ2n) is 4.03. The van der Waals surface area contributed by atoms with Crippen LogP contribution in [0.25, 0.3) is 0 Å². The van der Waals surface area contributed by atoms with E-state index in [1.807, 2.05) is 23.6 Å². The second kappa shape index (κ2) is 5.27. The molecule has 0 unspecified atom stereocenters. The van der Waals surface area contributed by atoms with Gasteiger partial charge in [-0.2, -0.15) is 0 Å². The summed E-state index contributed by atoms with van der Waals surface area (Å²) in [5.41, 5.74) is 0. The molecule has 1 aromatic rings. The zero-order chi connectivity index (χ0) is 11.4. The van der Waals surface area contributed by atoms with Gasteiger partial charge in [0.1, 0.15) is 0 Å². The molecule has 0 fully saturated rings. The van der Waals surface area contributed by atoms with Crippen molar-refractivity contribution in [3.05, 3.63) is 4.77 Å². The van der Waals surface area contributed by atoms with E-state index >= 15 is 0 Å². The highest BCUT2D eigenvalue weighted by atomic mass is 32.1. The van der Waals surface area contributed by atoms with Gasteiger partial charge in [-0.15, -0.1) is 5.10 Å². The molecular formula is C9H19N5S. The van der Waals surface area contributed by atoms with E-state index in [0.29, 0.717) is 4.77 Å². The Balaban J connectivity index is 2.67. The zero-order valence-electron chi connectivity index (χ0n) is 9.82. The summed E-state index contributed by atoms with van der Waals surface area (Å²) in [7, 11) is 8.07. The largest absolute Gasteiger partial charge is 0.347 e. The molecule has 0 aliphatic rings. The smallest absolute Gasteiger partial charge is 0.225 e. The summed E-state index contributed by atoms with van der Waals surface area (Å²) in [5, 5.41) is 6.99. The first-order valence-corrected chi connectivity index (χ1v) is 5.40. The highest BCUT2D eigenvalue weighted by molar-refractivity contribution is 7.71. The Morgan fingerprint density at radius 2 is 2.00 bits per heavy atom. The molecule has 0 bridgehead atoms. The third-order valence-electron chi connectivity index (χ3n) is 2.13. The van der Waals surface area contributed by atoms with Gasteiger partial charge in [-0.05, 0) is 39.3 Å². The molecule has 15 heavy (non-hydrogen) atoms. The summed E-state index contributed by atoms with van der Waals surface area (Å²) < 4.78 is 2.72. The van der Waals surface area contributed by atoms with Crippen molar-refractivity contribution in [2.75, 3.05) is 39.6 Å². The van der Waals surface area contributed by atoms with Gasteiger partial charge in [-0.25, -0.2) is 5.10 Å². The fraction of sp³-hybridized carbons (Fsp3) is 0.778. The van der Waals surface area contributed by atoms with Crippen molar-refractivity contribution in [1.82, 2.24) is 19.7 Å². The maximum atomic E-state index is 5.18. The highest BCUT2D eigenvalue weighted by Gasteiger charge is 2.06. The first-order chi connectivity index (χ1) is 7.02. The number of nitrogens with zero attached hydrogens (tertiary/aromatic N) is 4. The van der Waals surface area contributed by atoms with Crippen molar-refractivity contribution >= 4 is 18.2 Å². The highest BCUT2D eigenvalue weighted by Crippen LogP contribution is 2.08. The lowest BCUT2D eigenvalue weighted by Gasteiger charge is -2.14. The third kappa shape index (κ3) is 3.32. The van der Waals surface area contributed by atoms with E-state index in [1.54, 1.807) is 0 Å². The Morgan fingerprint density at radius 3 is 2.53 bits per heavy atom. The number of anilines is 1. The molecule has 0 amide bonds. The zero-order valence-corrected chi connectivity index (χ0v) is 10.6. The van der Waals surface area contributed by atoms with Gasteiger partial charge in [-0.1, -0.05) is 0 Å². The molecule has 0 saturated heterocycles. The summed E-state index contributed by atoms with van der Waals surface area (Å²) in [5.74, 6) is 0.888. The van der Waals surface area contributed by atoms with Gasteiger partial charge in [0.15, 0.2) is 4.77 Å². The number of hydrogen-bond acceptors (Lipinski definition) is 4. The molecule has 0 saturated carbocycles. The molecule has 1 heterocycles. The van der Waals surface area contributed by atoms with Crippen LogP contribution in [0, 0.1) is 4.77 Å². The molecule has 0 aliphatic heterocycles. The van der Waals surface area contributed by atoms with Crippen LogP contribution in [0.4, 0.5) is 5.95 Å². The molecule has 0 aromatic carbocycles. The van der Waals surface area contributed by atoms with Crippen molar-refractivity contribution in [3.63, 3.8) is 0 Å². The monoisotopic (exact) mass is 229 g/mol. The molecule has 86 valence electrons. The van der Waals surface area contributed by atoms with Gasteiger partial charge < -0.3 is 9.80 Å². The van der Waals surface area contributed by atoms with Crippen molar-refractivity contribution in [2.24, 2.45) is 0 Å². The fourth-order valence-electron chi connectivity index (χ4n) is 1.40. The number of aromatic amines is 1. The molecule has 1 aromatic heterocycles. The minimum absolute atomic E-state index is 0.692. The lowest BCUT2D eigenvalue weighted by molar-refractivity contribution is 0.386. The number of aromatic nitrogens is 3. The molecule has 0 atom stereocenters. The molecule has 0 spiro atoms. The molecule has 0 aliphatic carbocycles. The van der Waals surface area contributed by atoms with E-state index in [9.17, 15) is 0 Å². The van der Waals surface area contributed by atoms with E-state index < -0.39 is 0 Å². The first kappa shape index (κ1) is 12.2. The second-order valence-corrected chi connectivity index (χ2v) is 4.42. The van der Waals surface area contributed by atoms with Crippen LogP contribution in [0.3, 0.4) is 0 Å². The number of hydrogen-bond donors (Lipinski definition) is 1. The summed E-state index contributed by atoms with van der Waals surface area (Å²) in [4.78, 5) is 4.13. The Bertz CT molecular complexity index is 352. The molecule has 0 radical (unpaired) electrons. The molecule has 5 nitrogen and oxygen atoms in total. The fourth-order valence-corrected chi connectivity index (χ4v) is 1.62. The standard InChI is InChI=1S/C9H19N5S/c1-12(2)6-5-7-14-8(13(3)4)10-11-9(14)15/h5-7H2,1-4H3,(H,11,15). The lowest BCUT2D eigenvalue weighted by Crippen LogP contribution is -2.18. The maximum absolute atomic E-state index is 5.18. The van der Waals surface area contributed by atoms with Gasteiger partial charge in [0.25, 0.3) is 0 Å². The van der Waals surface area contributed by atoms with Crippen LogP contribution >= 0.6 is 12.2 Å².